The average Bonchev–Trinajstić information content (AvgIpc) is 2.53. The van der Waals surface area contributed by atoms with Crippen molar-refractivity contribution in [1.29, 1.82) is 0 Å². The topological polar surface area (TPSA) is 43.8 Å². The van der Waals surface area contributed by atoms with Crippen molar-refractivity contribution in [1.82, 2.24) is 9.80 Å². The molecule has 4 heteroatoms. The lowest BCUT2D eigenvalue weighted by Crippen LogP contribution is -2.50. The van der Waals surface area contributed by atoms with Crippen LogP contribution in [0.4, 0.5) is 0 Å². The molecular formula is C14H28N2O2. The highest BCUT2D eigenvalue weighted by Crippen LogP contribution is 2.32. The van der Waals surface area contributed by atoms with Crippen molar-refractivity contribution < 1.29 is 9.90 Å². The zero-order valence-electron chi connectivity index (χ0n) is 12.1. The first kappa shape index (κ1) is 15.4. The Morgan fingerprint density at radius 2 is 1.89 bits per heavy atom. The molecule has 1 fully saturated rings. The Labute approximate surface area is 111 Å². The molecule has 0 saturated carbocycles. The highest BCUT2D eigenvalue weighted by molar-refractivity contribution is 5.68. The molecule has 0 amide bonds. The van der Waals surface area contributed by atoms with Crippen molar-refractivity contribution in [3.05, 3.63) is 0 Å². The highest BCUT2D eigenvalue weighted by atomic mass is 16.4. The van der Waals surface area contributed by atoms with Crippen molar-refractivity contribution in [3.8, 4) is 0 Å². The van der Waals surface area contributed by atoms with Crippen LogP contribution in [0.1, 0.15) is 46.5 Å². The van der Waals surface area contributed by atoms with Crippen molar-refractivity contribution >= 4 is 5.97 Å². The van der Waals surface area contributed by atoms with E-state index in [1.165, 1.54) is 0 Å². The molecule has 1 rings (SSSR count). The van der Waals surface area contributed by atoms with E-state index in [9.17, 15) is 9.90 Å². The number of hydrogen-bond acceptors (Lipinski definition) is 3. The fourth-order valence-electron chi connectivity index (χ4n) is 3.33. The molecule has 0 aliphatic carbocycles. The van der Waals surface area contributed by atoms with E-state index in [0.29, 0.717) is 0 Å². The third kappa shape index (κ3) is 3.69. The molecule has 4 nitrogen and oxygen atoms in total. The zero-order valence-corrected chi connectivity index (χ0v) is 12.1. The van der Waals surface area contributed by atoms with Crippen molar-refractivity contribution in [3.63, 3.8) is 0 Å². The molecule has 0 spiro atoms. The van der Waals surface area contributed by atoms with Gasteiger partial charge in [-0.05, 0) is 52.0 Å². The van der Waals surface area contributed by atoms with Gasteiger partial charge in [0.1, 0.15) is 0 Å². The van der Waals surface area contributed by atoms with Crippen LogP contribution in [0.5, 0.6) is 0 Å². The summed E-state index contributed by atoms with van der Waals surface area (Å²) in [6.07, 6.45) is 3.39. The zero-order chi connectivity index (χ0) is 13.6. The van der Waals surface area contributed by atoms with E-state index in [4.69, 9.17) is 0 Å². The molecule has 1 heterocycles. The largest absolute Gasteiger partial charge is 0.481 e. The van der Waals surface area contributed by atoms with Gasteiger partial charge < -0.3 is 10.0 Å². The Bertz CT molecular complexity index is 267. The summed E-state index contributed by atoms with van der Waals surface area (Å²) in [7, 11) is 0. The second-order valence-corrected chi connectivity index (χ2v) is 5.25. The maximum atomic E-state index is 11.2. The second-order valence-electron chi connectivity index (χ2n) is 5.25. The maximum Gasteiger partial charge on any atom is 0.305 e. The predicted molar refractivity (Wildman–Crippen MR) is 73.9 cm³/mol. The summed E-state index contributed by atoms with van der Waals surface area (Å²) in [5, 5.41) is 9.25. The van der Waals surface area contributed by atoms with E-state index < -0.39 is 5.97 Å². The van der Waals surface area contributed by atoms with Gasteiger partial charge in [0.25, 0.3) is 0 Å². The summed E-state index contributed by atoms with van der Waals surface area (Å²) in [6.45, 7) is 11.5. The van der Waals surface area contributed by atoms with Crippen LogP contribution in [0.25, 0.3) is 0 Å². The third-order valence-corrected chi connectivity index (χ3v) is 4.37. The summed E-state index contributed by atoms with van der Waals surface area (Å²) in [5.74, 6) is -0.660. The average molecular weight is 256 g/mol. The molecule has 1 saturated heterocycles. The number of carboxylic acids is 1. The minimum absolute atomic E-state index is 0.126. The number of aliphatic carboxylic acids is 1. The van der Waals surface area contributed by atoms with Gasteiger partial charge in [-0.25, -0.2) is 0 Å². The van der Waals surface area contributed by atoms with Crippen LogP contribution in [0.15, 0.2) is 0 Å². The fraction of sp³-hybridized carbons (Fsp3) is 0.929. The van der Waals surface area contributed by atoms with Crippen LogP contribution in [0, 0.1) is 0 Å². The molecule has 0 radical (unpaired) electrons. The van der Waals surface area contributed by atoms with Crippen molar-refractivity contribution in [2.24, 2.45) is 0 Å². The number of likely N-dealkylation sites (tertiary alicyclic amines) is 1. The molecule has 0 aromatic rings. The fourth-order valence-corrected chi connectivity index (χ4v) is 3.33. The Morgan fingerprint density at radius 1 is 1.22 bits per heavy atom. The molecule has 1 N–H and O–H groups in total. The normalized spacial score (nSPS) is 26.2. The van der Waals surface area contributed by atoms with Gasteiger partial charge in [0.2, 0.25) is 0 Å². The summed E-state index contributed by atoms with van der Waals surface area (Å²) >= 11 is 0. The first-order valence-corrected chi connectivity index (χ1v) is 7.27. The first-order valence-electron chi connectivity index (χ1n) is 7.27. The van der Waals surface area contributed by atoms with E-state index in [0.717, 1.165) is 52.0 Å². The summed E-state index contributed by atoms with van der Waals surface area (Å²) in [6, 6.07) is 0. The Morgan fingerprint density at radius 3 is 2.39 bits per heavy atom. The third-order valence-electron chi connectivity index (χ3n) is 4.37. The lowest BCUT2D eigenvalue weighted by Gasteiger charge is -2.42. The van der Waals surface area contributed by atoms with Crippen molar-refractivity contribution in [2.45, 2.75) is 52.0 Å². The Kier molecular flexibility index (Phi) is 6.09. The number of nitrogens with zero attached hydrogens (tertiary/aromatic N) is 2. The van der Waals surface area contributed by atoms with Gasteiger partial charge in [0, 0.05) is 5.54 Å². The summed E-state index contributed by atoms with van der Waals surface area (Å²) < 4.78 is 0. The van der Waals surface area contributed by atoms with Gasteiger partial charge in [-0.2, -0.15) is 0 Å². The van der Waals surface area contributed by atoms with E-state index in [1.807, 2.05) is 0 Å². The van der Waals surface area contributed by atoms with Crippen LogP contribution in [0.3, 0.4) is 0 Å². The van der Waals surface area contributed by atoms with Crippen molar-refractivity contribution in [2.75, 3.05) is 32.7 Å². The smallest absolute Gasteiger partial charge is 0.305 e. The first-order chi connectivity index (χ1) is 8.57. The Hall–Kier alpha value is -0.610. The van der Waals surface area contributed by atoms with Gasteiger partial charge in [-0.15, -0.1) is 0 Å². The molecule has 0 aromatic carbocycles. The molecule has 18 heavy (non-hydrogen) atoms. The van der Waals surface area contributed by atoms with Crippen LogP contribution in [-0.2, 0) is 4.79 Å². The monoisotopic (exact) mass is 256 g/mol. The number of hydrogen-bond donors (Lipinski definition) is 1. The molecule has 0 bridgehead atoms. The number of carbonyl (C=O) groups is 1. The van der Waals surface area contributed by atoms with Gasteiger partial charge in [0.05, 0.1) is 6.42 Å². The Balaban J connectivity index is 2.85. The van der Waals surface area contributed by atoms with Gasteiger partial charge >= 0.3 is 5.97 Å². The number of carboxylic acid groups (broad SMARTS) is 1. The maximum absolute atomic E-state index is 11.2. The van der Waals surface area contributed by atoms with Crippen LogP contribution in [0.2, 0.25) is 0 Å². The SMILES string of the molecule is CCN1CCCC(CC(=O)O)(N(CC)CC)CC1. The van der Waals surface area contributed by atoms with Gasteiger partial charge in [-0.3, -0.25) is 9.69 Å². The molecular weight excluding hydrogens is 228 g/mol. The van der Waals surface area contributed by atoms with Crippen LogP contribution in [-0.4, -0.2) is 59.1 Å². The van der Waals surface area contributed by atoms with E-state index in [1.54, 1.807) is 0 Å². The van der Waals surface area contributed by atoms with Gasteiger partial charge in [-0.1, -0.05) is 20.8 Å². The lowest BCUT2D eigenvalue weighted by molar-refractivity contribution is -0.140. The van der Waals surface area contributed by atoms with E-state index in [-0.39, 0.29) is 12.0 Å². The molecule has 1 unspecified atom stereocenters. The molecule has 1 aliphatic rings. The number of rotatable bonds is 6. The standard InChI is InChI=1S/C14H28N2O2/c1-4-15-10-7-8-14(9-11-15,12-13(17)18)16(5-2)6-3/h4-12H2,1-3H3,(H,17,18). The van der Waals surface area contributed by atoms with E-state index in [2.05, 4.69) is 30.6 Å². The molecule has 1 atom stereocenters. The summed E-state index contributed by atoms with van der Waals surface area (Å²) in [5.41, 5.74) is -0.126. The lowest BCUT2D eigenvalue weighted by atomic mass is 9.85. The minimum atomic E-state index is -0.660. The minimum Gasteiger partial charge on any atom is -0.481 e. The summed E-state index contributed by atoms with van der Waals surface area (Å²) in [4.78, 5) is 16.0. The van der Waals surface area contributed by atoms with Crippen LogP contribution >= 0.6 is 0 Å². The molecule has 106 valence electrons. The quantitative estimate of drug-likeness (QED) is 0.790. The van der Waals surface area contributed by atoms with Crippen LogP contribution < -0.4 is 0 Å². The molecule has 0 aromatic heterocycles. The predicted octanol–water partition coefficient (Wildman–Crippen LogP) is 2.05. The second kappa shape index (κ2) is 7.10. The highest BCUT2D eigenvalue weighted by Gasteiger charge is 2.38. The van der Waals surface area contributed by atoms with Gasteiger partial charge in [0.15, 0.2) is 0 Å². The van der Waals surface area contributed by atoms with E-state index >= 15 is 0 Å². The molecule has 1 aliphatic heterocycles.